The highest BCUT2D eigenvalue weighted by Crippen LogP contribution is 2.16. The summed E-state index contributed by atoms with van der Waals surface area (Å²) in [6.07, 6.45) is 1.43. The second kappa shape index (κ2) is 8.30. The van der Waals surface area contributed by atoms with E-state index in [0.29, 0.717) is 10.6 Å². The molecule has 7 heteroatoms. The molecule has 0 aliphatic carbocycles. The van der Waals surface area contributed by atoms with Gasteiger partial charge >= 0.3 is 0 Å². The van der Waals surface area contributed by atoms with Crippen LogP contribution in [0.2, 0.25) is 5.02 Å². The van der Waals surface area contributed by atoms with Crippen molar-refractivity contribution in [2.75, 3.05) is 0 Å². The zero-order chi connectivity index (χ0) is 18.4. The number of nitrogens with zero attached hydrogens (tertiary/aromatic N) is 1. The zero-order valence-electron chi connectivity index (χ0n) is 13.8. The van der Waals surface area contributed by atoms with Gasteiger partial charge in [-0.15, -0.1) is 0 Å². The van der Waals surface area contributed by atoms with Gasteiger partial charge in [0.1, 0.15) is 5.75 Å². The van der Waals surface area contributed by atoms with Crippen LogP contribution in [0.3, 0.4) is 0 Å². The maximum absolute atomic E-state index is 12.3. The normalized spacial score (nSPS) is 10.9. The minimum atomic E-state index is -0.550. The monoisotopic (exact) mass is 359 g/mol. The molecular weight excluding hydrogens is 342 g/mol. The third kappa shape index (κ3) is 5.32. The number of nitrogens with one attached hydrogen (secondary N) is 2. The molecule has 0 aliphatic heterocycles. The SMILES string of the molecule is CC(C)NC(=O)c1ccc(Cl)cc1C(=O)N/N=C/c1ccc(O)cc1. The van der Waals surface area contributed by atoms with Gasteiger partial charge in [-0.25, -0.2) is 5.43 Å². The number of hydrazone groups is 1. The molecule has 130 valence electrons. The van der Waals surface area contributed by atoms with Gasteiger partial charge in [0.15, 0.2) is 0 Å². The first-order chi connectivity index (χ1) is 11.9. The summed E-state index contributed by atoms with van der Waals surface area (Å²) in [6.45, 7) is 3.66. The van der Waals surface area contributed by atoms with E-state index in [4.69, 9.17) is 11.6 Å². The summed E-state index contributed by atoms with van der Waals surface area (Å²) in [6, 6.07) is 10.7. The Morgan fingerprint density at radius 3 is 2.40 bits per heavy atom. The first kappa shape index (κ1) is 18.5. The molecule has 2 amide bonds. The van der Waals surface area contributed by atoms with Crippen molar-refractivity contribution in [1.82, 2.24) is 10.7 Å². The van der Waals surface area contributed by atoms with Crippen LogP contribution in [0.25, 0.3) is 0 Å². The molecule has 2 rings (SSSR count). The van der Waals surface area contributed by atoms with Crippen LogP contribution in [0.15, 0.2) is 47.6 Å². The Bertz CT molecular complexity index is 802. The highest BCUT2D eigenvalue weighted by Gasteiger charge is 2.18. The molecule has 25 heavy (non-hydrogen) atoms. The Morgan fingerprint density at radius 1 is 1.08 bits per heavy atom. The summed E-state index contributed by atoms with van der Waals surface area (Å²) in [5.41, 5.74) is 3.41. The fraction of sp³-hybridized carbons (Fsp3) is 0.167. The second-order valence-corrected chi connectivity index (χ2v) is 6.05. The van der Waals surface area contributed by atoms with Crippen LogP contribution in [0.4, 0.5) is 0 Å². The number of aromatic hydroxyl groups is 1. The van der Waals surface area contributed by atoms with Crippen LogP contribution in [-0.2, 0) is 0 Å². The molecule has 6 nitrogen and oxygen atoms in total. The smallest absolute Gasteiger partial charge is 0.272 e. The predicted octanol–water partition coefficient (Wildman–Crippen LogP) is 2.95. The lowest BCUT2D eigenvalue weighted by Gasteiger charge is -2.11. The number of benzene rings is 2. The molecule has 0 atom stereocenters. The molecule has 0 saturated carbocycles. The Morgan fingerprint density at radius 2 is 1.76 bits per heavy atom. The summed E-state index contributed by atoms with van der Waals surface area (Å²) in [4.78, 5) is 24.6. The highest BCUT2D eigenvalue weighted by molar-refractivity contribution is 6.31. The Hall–Kier alpha value is -2.86. The average molecular weight is 360 g/mol. The van der Waals surface area contributed by atoms with Crippen LogP contribution in [0.5, 0.6) is 5.75 Å². The van der Waals surface area contributed by atoms with Gasteiger partial charge in [-0.05, 0) is 61.9 Å². The molecule has 2 aromatic rings. The molecule has 0 fully saturated rings. The third-order valence-corrected chi connectivity index (χ3v) is 3.40. The Kier molecular flexibility index (Phi) is 6.14. The van der Waals surface area contributed by atoms with E-state index < -0.39 is 5.91 Å². The average Bonchev–Trinajstić information content (AvgIpc) is 2.55. The molecule has 0 saturated heterocycles. The number of hydrogen-bond acceptors (Lipinski definition) is 4. The summed E-state index contributed by atoms with van der Waals surface area (Å²) in [5, 5.41) is 16.2. The van der Waals surface area contributed by atoms with Crippen molar-refractivity contribution < 1.29 is 14.7 Å². The molecule has 0 bridgehead atoms. The van der Waals surface area contributed by atoms with Crippen molar-refractivity contribution in [3.8, 4) is 5.75 Å². The van der Waals surface area contributed by atoms with Crippen molar-refractivity contribution in [1.29, 1.82) is 0 Å². The topological polar surface area (TPSA) is 90.8 Å². The lowest BCUT2D eigenvalue weighted by molar-refractivity contribution is 0.0914. The largest absolute Gasteiger partial charge is 0.508 e. The van der Waals surface area contributed by atoms with Crippen molar-refractivity contribution in [3.63, 3.8) is 0 Å². The molecule has 0 aromatic heterocycles. The maximum atomic E-state index is 12.3. The van der Waals surface area contributed by atoms with E-state index in [1.807, 2.05) is 13.8 Å². The Balaban J connectivity index is 2.16. The van der Waals surface area contributed by atoms with E-state index in [-0.39, 0.29) is 28.8 Å². The first-order valence-corrected chi connectivity index (χ1v) is 7.97. The summed E-state index contributed by atoms with van der Waals surface area (Å²) >= 11 is 5.94. The zero-order valence-corrected chi connectivity index (χ0v) is 14.5. The standard InChI is InChI=1S/C18H18ClN3O3/c1-11(2)21-17(24)15-8-5-13(19)9-16(15)18(25)22-20-10-12-3-6-14(23)7-4-12/h3-11,23H,1-2H3,(H,21,24)(H,22,25)/b20-10+. The van der Waals surface area contributed by atoms with Crippen LogP contribution in [0.1, 0.15) is 40.1 Å². The number of carbonyl (C=O) groups excluding carboxylic acids is 2. The molecular formula is C18H18ClN3O3. The van der Waals surface area contributed by atoms with E-state index >= 15 is 0 Å². The molecule has 0 radical (unpaired) electrons. The van der Waals surface area contributed by atoms with Crippen molar-refractivity contribution in [2.45, 2.75) is 19.9 Å². The van der Waals surface area contributed by atoms with Gasteiger partial charge in [0, 0.05) is 11.1 Å². The molecule has 0 aliphatic rings. The molecule has 0 spiro atoms. The molecule has 2 aromatic carbocycles. The molecule has 3 N–H and O–H groups in total. The van der Waals surface area contributed by atoms with Gasteiger partial charge in [-0.1, -0.05) is 11.6 Å². The highest BCUT2D eigenvalue weighted by atomic mass is 35.5. The maximum Gasteiger partial charge on any atom is 0.272 e. The number of halogens is 1. The minimum absolute atomic E-state index is 0.0633. The van der Waals surface area contributed by atoms with E-state index in [9.17, 15) is 14.7 Å². The van der Waals surface area contributed by atoms with Crippen molar-refractivity contribution >= 4 is 29.6 Å². The quantitative estimate of drug-likeness (QED) is 0.566. The summed E-state index contributed by atoms with van der Waals surface area (Å²) < 4.78 is 0. The van der Waals surface area contributed by atoms with E-state index in [1.54, 1.807) is 18.2 Å². The third-order valence-electron chi connectivity index (χ3n) is 3.16. The van der Waals surface area contributed by atoms with Crippen molar-refractivity contribution in [3.05, 3.63) is 64.2 Å². The van der Waals surface area contributed by atoms with Gasteiger partial charge in [0.25, 0.3) is 11.8 Å². The van der Waals surface area contributed by atoms with E-state index in [1.165, 1.54) is 30.5 Å². The van der Waals surface area contributed by atoms with E-state index in [2.05, 4.69) is 15.8 Å². The van der Waals surface area contributed by atoms with Crippen molar-refractivity contribution in [2.24, 2.45) is 5.10 Å². The predicted molar refractivity (Wildman–Crippen MR) is 97.2 cm³/mol. The Labute approximate surface area is 150 Å². The van der Waals surface area contributed by atoms with Gasteiger partial charge in [-0.3, -0.25) is 9.59 Å². The lowest BCUT2D eigenvalue weighted by Crippen LogP contribution is -2.32. The van der Waals surface area contributed by atoms with Crippen LogP contribution < -0.4 is 10.7 Å². The summed E-state index contributed by atoms with van der Waals surface area (Å²) in [5.74, 6) is -0.772. The van der Waals surface area contributed by atoms with E-state index in [0.717, 1.165) is 0 Å². The van der Waals surface area contributed by atoms with Gasteiger partial charge in [0.05, 0.1) is 17.3 Å². The lowest BCUT2D eigenvalue weighted by atomic mass is 10.1. The first-order valence-electron chi connectivity index (χ1n) is 7.59. The number of carbonyl (C=O) groups is 2. The number of phenols is 1. The van der Waals surface area contributed by atoms with Crippen LogP contribution in [0, 0.1) is 0 Å². The molecule has 0 unspecified atom stereocenters. The number of rotatable bonds is 5. The van der Waals surface area contributed by atoms with Gasteiger partial charge in [-0.2, -0.15) is 5.10 Å². The minimum Gasteiger partial charge on any atom is -0.508 e. The van der Waals surface area contributed by atoms with Crippen LogP contribution >= 0.6 is 11.6 Å². The van der Waals surface area contributed by atoms with Crippen LogP contribution in [-0.4, -0.2) is 29.2 Å². The second-order valence-electron chi connectivity index (χ2n) is 5.61. The number of amides is 2. The van der Waals surface area contributed by atoms with Gasteiger partial charge < -0.3 is 10.4 Å². The summed E-state index contributed by atoms with van der Waals surface area (Å²) in [7, 11) is 0. The molecule has 0 heterocycles. The fourth-order valence-electron chi connectivity index (χ4n) is 2.03. The number of hydrogen-bond donors (Lipinski definition) is 3. The number of phenolic OH excluding ortho intramolecular Hbond substituents is 1. The van der Waals surface area contributed by atoms with Gasteiger partial charge in [0.2, 0.25) is 0 Å². The fourth-order valence-corrected chi connectivity index (χ4v) is 2.20.